The third kappa shape index (κ3) is 6.46. The highest BCUT2D eigenvalue weighted by Crippen LogP contribution is 2.45. The molecular weight excluding hydrogens is 378 g/mol. The van der Waals surface area contributed by atoms with Crippen molar-refractivity contribution in [1.82, 2.24) is 4.90 Å². The highest BCUT2D eigenvalue weighted by atomic mass is 16.3. The maximum atomic E-state index is 9.75. The first-order chi connectivity index (χ1) is 14.4. The fourth-order valence-corrected chi connectivity index (χ4v) is 4.36. The molecule has 2 atom stereocenters. The first-order valence-corrected chi connectivity index (χ1v) is 11.0. The van der Waals surface area contributed by atoms with Gasteiger partial charge in [-0.2, -0.15) is 0 Å². The highest BCUT2D eigenvalue weighted by Gasteiger charge is 2.35. The molecule has 0 bridgehead atoms. The minimum absolute atomic E-state index is 0.102. The molecule has 0 fully saturated rings. The maximum absolute atomic E-state index is 9.75. The zero-order valence-electron chi connectivity index (χ0n) is 18.3. The van der Waals surface area contributed by atoms with Gasteiger partial charge < -0.3 is 20.4 Å². The van der Waals surface area contributed by atoms with Crippen molar-refractivity contribution in [3.8, 4) is 11.5 Å². The Labute approximate surface area is 180 Å². The molecule has 0 radical (unpaired) electrons. The van der Waals surface area contributed by atoms with E-state index in [2.05, 4.69) is 18.7 Å². The van der Waals surface area contributed by atoms with Crippen LogP contribution in [-0.2, 0) is 5.41 Å². The van der Waals surface area contributed by atoms with Gasteiger partial charge in [0.15, 0.2) is 0 Å². The summed E-state index contributed by atoms with van der Waals surface area (Å²) in [6, 6.07) is 15.0. The minimum atomic E-state index is -0.111. The van der Waals surface area contributed by atoms with Crippen molar-refractivity contribution in [1.29, 1.82) is 0 Å². The Kier molecular flexibility index (Phi) is 9.63. The summed E-state index contributed by atoms with van der Waals surface area (Å²) < 4.78 is 0. The van der Waals surface area contributed by atoms with E-state index in [1.807, 2.05) is 24.3 Å². The molecule has 2 rings (SSSR count). The Morgan fingerprint density at radius 3 is 1.83 bits per heavy atom. The number of phenols is 2. The van der Waals surface area contributed by atoms with E-state index in [1.165, 1.54) is 11.1 Å². The van der Waals surface area contributed by atoms with Gasteiger partial charge >= 0.3 is 0 Å². The van der Waals surface area contributed by atoms with Crippen molar-refractivity contribution >= 4 is 0 Å². The van der Waals surface area contributed by atoms with Gasteiger partial charge in [-0.3, -0.25) is 4.90 Å². The molecule has 0 aliphatic carbocycles. The lowest BCUT2D eigenvalue weighted by atomic mass is 9.65. The van der Waals surface area contributed by atoms with E-state index in [1.54, 1.807) is 24.3 Å². The third-order valence-electron chi connectivity index (χ3n) is 6.38. The molecule has 0 unspecified atom stereocenters. The monoisotopic (exact) mass is 415 g/mol. The van der Waals surface area contributed by atoms with E-state index in [0.29, 0.717) is 13.1 Å². The van der Waals surface area contributed by atoms with Gasteiger partial charge in [-0.05, 0) is 72.5 Å². The third-order valence-corrected chi connectivity index (χ3v) is 6.38. The summed E-state index contributed by atoms with van der Waals surface area (Å²) >= 11 is 0. The van der Waals surface area contributed by atoms with Crippen LogP contribution in [0.4, 0.5) is 0 Å². The van der Waals surface area contributed by atoms with Crippen LogP contribution in [0.15, 0.2) is 48.5 Å². The predicted octanol–water partition coefficient (Wildman–Crippen LogP) is 4.01. The van der Waals surface area contributed by atoms with E-state index in [0.717, 1.165) is 32.2 Å². The first-order valence-electron chi connectivity index (χ1n) is 11.0. The van der Waals surface area contributed by atoms with Gasteiger partial charge in [-0.25, -0.2) is 0 Å². The van der Waals surface area contributed by atoms with Crippen molar-refractivity contribution in [2.75, 3.05) is 32.8 Å². The standard InChI is InChI=1S/C25H37NO4/c1-3-25(2,21-9-13-23(30)14-10-21)24(20-7-11-22(29)12-8-20)6-4-5-15-26(16-18-27)17-19-28/h7-14,24,27-30H,3-6,15-19H2,1-2H3/t24-,25+/m1/s1. The number of unbranched alkanes of at least 4 members (excludes halogenated alkanes) is 1. The second-order valence-corrected chi connectivity index (χ2v) is 8.25. The largest absolute Gasteiger partial charge is 0.508 e. The van der Waals surface area contributed by atoms with Gasteiger partial charge in [0.25, 0.3) is 0 Å². The number of aliphatic hydroxyl groups is 2. The summed E-state index contributed by atoms with van der Waals surface area (Å²) in [5, 5.41) is 37.9. The zero-order valence-corrected chi connectivity index (χ0v) is 18.3. The maximum Gasteiger partial charge on any atom is 0.115 e. The van der Waals surface area contributed by atoms with Crippen molar-refractivity contribution in [3.05, 3.63) is 59.7 Å². The molecule has 0 aliphatic rings. The number of nitrogens with zero attached hydrogens (tertiary/aromatic N) is 1. The van der Waals surface area contributed by atoms with Crippen LogP contribution in [0.2, 0.25) is 0 Å². The van der Waals surface area contributed by atoms with Gasteiger partial charge in [-0.1, -0.05) is 44.5 Å². The fraction of sp³-hybridized carbons (Fsp3) is 0.520. The number of rotatable bonds is 13. The van der Waals surface area contributed by atoms with E-state index in [4.69, 9.17) is 0 Å². The van der Waals surface area contributed by atoms with Crippen molar-refractivity contribution in [2.24, 2.45) is 0 Å². The molecule has 0 saturated heterocycles. The van der Waals surface area contributed by atoms with Gasteiger partial charge in [0, 0.05) is 13.1 Å². The molecule has 0 saturated carbocycles. The smallest absolute Gasteiger partial charge is 0.115 e. The molecule has 0 heterocycles. The molecule has 0 aliphatic heterocycles. The highest BCUT2D eigenvalue weighted by molar-refractivity contribution is 5.37. The molecule has 166 valence electrons. The molecule has 30 heavy (non-hydrogen) atoms. The number of aromatic hydroxyl groups is 2. The SMILES string of the molecule is CC[C@@](C)(c1ccc(O)cc1)[C@H](CCCCN(CCO)CCO)c1ccc(O)cc1. The molecular formula is C25H37NO4. The molecule has 2 aromatic rings. The molecule has 0 aromatic heterocycles. The first kappa shape index (κ1) is 24.2. The summed E-state index contributed by atoms with van der Waals surface area (Å²) in [7, 11) is 0. The van der Waals surface area contributed by atoms with E-state index < -0.39 is 0 Å². The van der Waals surface area contributed by atoms with Gasteiger partial charge in [0.1, 0.15) is 11.5 Å². The van der Waals surface area contributed by atoms with Gasteiger partial charge in [0.05, 0.1) is 13.2 Å². The lowest BCUT2D eigenvalue weighted by Gasteiger charge is -2.38. The summed E-state index contributed by atoms with van der Waals surface area (Å²) in [4.78, 5) is 2.09. The van der Waals surface area contributed by atoms with Crippen LogP contribution in [0, 0.1) is 0 Å². The van der Waals surface area contributed by atoms with Crippen LogP contribution < -0.4 is 0 Å². The van der Waals surface area contributed by atoms with Crippen LogP contribution in [-0.4, -0.2) is 58.2 Å². The van der Waals surface area contributed by atoms with Crippen molar-refractivity contribution < 1.29 is 20.4 Å². The Morgan fingerprint density at radius 1 is 0.800 bits per heavy atom. The second-order valence-electron chi connectivity index (χ2n) is 8.25. The quantitative estimate of drug-likeness (QED) is 0.372. The topological polar surface area (TPSA) is 84.2 Å². The Morgan fingerprint density at radius 2 is 1.33 bits per heavy atom. The lowest BCUT2D eigenvalue weighted by Crippen LogP contribution is -2.32. The molecule has 5 nitrogen and oxygen atoms in total. The van der Waals surface area contributed by atoms with Crippen LogP contribution in [0.1, 0.15) is 56.6 Å². The van der Waals surface area contributed by atoms with Gasteiger partial charge in [0.2, 0.25) is 0 Å². The van der Waals surface area contributed by atoms with Crippen molar-refractivity contribution in [2.45, 2.75) is 50.9 Å². The number of aliphatic hydroxyl groups excluding tert-OH is 2. The predicted molar refractivity (Wildman–Crippen MR) is 121 cm³/mol. The summed E-state index contributed by atoms with van der Waals surface area (Å²) in [6.45, 7) is 6.71. The number of phenolic OH excluding ortho intramolecular Hbond substituents is 2. The zero-order chi connectivity index (χ0) is 22.0. The van der Waals surface area contributed by atoms with E-state index >= 15 is 0 Å². The summed E-state index contributed by atoms with van der Waals surface area (Å²) in [5.74, 6) is 0.798. The Bertz CT molecular complexity index is 726. The lowest BCUT2D eigenvalue weighted by molar-refractivity contribution is 0.158. The fourth-order valence-electron chi connectivity index (χ4n) is 4.36. The molecule has 2 aromatic carbocycles. The van der Waals surface area contributed by atoms with Crippen molar-refractivity contribution in [3.63, 3.8) is 0 Å². The number of hydrogen-bond acceptors (Lipinski definition) is 5. The van der Waals surface area contributed by atoms with E-state index in [-0.39, 0.29) is 36.0 Å². The van der Waals surface area contributed by atoms with Gasteiger partial charge in [-0.15, -0.1) is 0 Å². The second kappa shape index (κ2) is 11.9. The van der Waals surface area contributed by atoms with Crippen LogP contribution in [0.25, 0.3) is 0 Å². The molecule has 5 heteroatoms. The molecule has 4 N–H and O–H groups in total. The molecule has 0 amide bonds. The Hall–Kier alpha value is -2.08. The Balaban J connectivity index is 2.20. The van der Waals surface area contributed by atoms with Crippen LogP contribution in [0.3, 0.4) is 0 Å². The number of hydrogen-bond donors (Lipinski definition) is 4. The van der Waals surface area contributed by atoms with Crippen LogP contribution >= 0.6 is 0 Å². The minimum Gasteiger partial charge on any atom is -0.508 e. The summed E-state index contributed by atoms with van der Waals surface area (Å²) in [6.07, 6.45) is 3.95. The average molecular weight is 416 g/mol. The number of benzene rings is 2. The normalized spacial score (nSPS) is 14.6. The average Bonchev–Trinajstić information content (AvgIpc) is 2.75. The van der Waals surface area contributed by atoms with E-state index in [9.17, 15) is 20.4 Å². The molecule has 0 spiro atoms. The summed E-state index contributed by atoms with van der Waals surface area (Å²) in [5.41, 5.74) is 2.29. The van der Waals surface area contributed by atoms with Crippen LogP contribution in [0.5, 0.6) is 11.5 Å².